The Hall–Kier alpha value is -4.01. The van der Waals surface area contributed by atoms with Crippen LogP contribution in [0.4, 0.5) is 11.5 Å². The first-order valence-corrected chi connectivity index (χ1v) is 12.5. The minimum Gasteiger partial charge on any atom is -0.345 e. The Morgan fingerprint density at radius 2 is 1.77 bits per heavy atom. The summed E-state index contributed by atoms with van der Waals surface area (Å²) in [6.07, 6.45) is 2.43. The van der Waals surface area contributed by atoms with E-state index in [1.165, 1.54) is 23.2 Å². The van der Waals surface area contributed by atoms with Crippen molar-refractivity contribution in [2.75, 3.05) is 10.6 Å². The van der Waals surface area contributed by atoms with Gasteiger partial charge in [0, 0.05) is 40.1 Å². The van der Waals surface area contributed by atoms with Gasteiger partial charge in [0.1, 0.15) is 10.8 Å². The molecule has 0 amide bonds. The topological polar surface area (TPSA) is 104 Å². The third-order valence-electron chi connectivity index (χ3n) is 6.52. The molecule has 7 nitrogen and oxygen atoms in total. The number of fused-ring (bicyclic) bond motifs is 2. The SMILES string of the molecule is NC1(c2ccc(-c3nc4ccccc4s3)cc2)N=C(Nc2cc(C3CC3)[nH]n2)c2ccccc2N1. The van der Waals surface area contributed by atoms with E-state index in [1.807, 2.05) is 54.6 Å². The molecule has 0 bridgehead atoms. The molecule has 1 aliphatic carbocycles. The number of thiazole rings is 1. The van der Waals surface area contributed by atoms with Crippen LogP contribution in [-0.4, -0.2) is 21.0 Å². The number of hydrogen-bond donors (Lipinski definition) is 4. The highest BCUT2D eigenvalue weighted by Gasteiger charge is 2.33. The average Bonchev–Trinajstić information content (AvgIpc) is 3.47. The third kappa shape index (κ3) is 3.67. The van der Waals surface area contributed by atoms with Crippen molar-refractivity contribution in [2.45, 2.75) is 24.5 Å². The number of rotatable bonds is 4. The van der Waals surface area contributed by atoms with E-state index in [1.54, 1.807) is 11.3 Å². The zero-order valence-corrected chi connectivity index (χ0v) is 19.6. The van der Waals surface area contributed by atoms with Gasteiger partial charge in [-0.25, -0.2) is 9.98 Å². The predicted octanol–water partition coefficient (Wildman–Crippen LogP) is 5.62. The number of aliphatic imine (C=N–C) groups is 1. The second-order valence-corrected chi connectivity index (χ2v) is 10.1. The van der Waals surface area contributed by atoms with Crippen molar-refractivity contribution in [2.24, 2.45) is 10.7 Å². The number of nitrogens with one attached hydrogen (secondary N) is 3. The van der Waals surface area contributed by atoms with Gasteiger partial charge in [0.2, 0.25) is 5.79 Å². The van der Waals surface area contributed by atoms with E-state index in [0.29, 0.717) is 11.8 Å². The molecule has 0 spiro atoms. The summed E-state index contributed by atoms with van der Waals surface area (Å²) in [5.41, 5.74) is 12.8. The monoisotopic (exact) mass is 477 g/mol. The fourth-order valence-corrected chi connectivity index (χ4v) is 5.46. The lowest BCUT2D eigenvalue weighted by Crippen LogP contribution is -2.47. The Morgan fingerprint density at radius 1 is 0.971 bits per heavy atom. The average molecular weight is 478 g/mol. The first kappa shape index (κ1) is 20.4. The lowest BCUT2D eigenvalue weighted by Gasteiger charge is -2.34. The summed E-state index contributed by atoms with van der Waals surface area (Å²) >= 11 is 1.69. The summed E-state index contributed by atoms with van der Waals surface area (Å²) in [5, 5.41) is 15.4. The number of aromatic nitrogens is 3. The van der Waals surface area contributed by atoms with Gasteiger partial charge in [0.15, 0.2) is 5.82 Å². The van der Waals surface area contributed by atoms with Gasteiger partial charge >= 0.3 is 0 Å². The quantitative estimate of drug-likeness (QED) is 0.269. The molecule has 3 heterocycles. The van der Waals surface area contributed by atoms with Crippen molar-refractivity contribution in [3.05, 3.63) is 95.7 Å². The van der Waals surface area contributed by atoms with Gasteiger partial charge < -0.3 is 10.6 Å². The van der Waals surface area contributed by atoms with Gasteiger partial charge in [-0.2, -0.15) is 5.10 Å². The van der Waals surface area contributed by atoms with Crippen molar-refractivity contribution < 1.29 is 0 Å². The van der Waals surface area contributed by atoms with Gasteiger partial charge in [-0.3, -0.25) is 10.8 Å². The van der Waals surface area contributed by atoms with Crippen LogP contribution in [-0.2, 0) is 5.79 Å². The summed E-state index contributed by atoms with van der Waals surface area (Å²) < 4.78 is 1.18. The maximum absolute atomic E-state index is 6.87. The molecule has 3 aromatic carbocycles. The standard InChI is InChI=1S/C27H23N7S/c28-27(18-13-11-17(12-14-18)26-29-21-7-3-4-8-23(21)35-26)31-20-6-2-1-5-19(20)25(32-27)30-24-15-22(33-34-24)16-9-10-16/h1-8,11-16,31H,9-10,28H2,(H2,30,32,33,34). The zero-order valence-electron chi connectivity index (χ0n) is 18.8. The largest absolute Gasteiger partial charge is 0.345 e. The third-order valence-corrected chi connectivity index (χ3v) is 7.61. The first-order valence-electron chi connectivity index (χ1n) is 11.7. The molecule has 8 heteroatoms. The molecule has 1 fully saturated rings. The van der Waals surface area contributed by atoms with E-state index in [-0.39, 0.29) is 0 Å². The van der Waals surface area contributed by atoms with Crippen molar-refractivity contribution in [3.8, 4) is 10.6 Å². The van der Waals surface area contributed by atoms with Crippen molar-refractivity contribution in [3.63, 3.8) is 0 Å². The predicted molar refractivity (Wildman–Crippen MR) is 142 cm³/mol. The molecule has 0 radical (unpaired) electrons. The van der Waals surface area contributed by atoms with Crippen LogP contribution in [0.3, 0.4) is 0 Å². The summed E-state index contributed by atoms with van der Waals surface area (Å²) in [6, 6.07) is 26.4. The number of nitrogens with two attached hydrogens (primary N) is 1. The van der Waals surface area contributed by atoms with Gasteiger partial charge in [-0.05, 0) is 37.1 Å². The molecular formula is C27H23N7S. The number of hydrogen-bond acceptors (Lipinski definition) is 7. The number of amidine groups is 1. The summed E-state index contributed by atoms with van der Waals surface area (Å²) in [6.45, 7) is 0. The maximum atomic E-state index is 6.87. The minimum absolute atomic E-state index is 0.600. The number of nitrogens with zero attached hydrogens (tertiary/aromatic N) is 3. The number of anilines is 2. The normalized spacial score (nSPS) is 19.2. The second kappa shape index (κ2) is 7.76. The van der Waals surface area contributed by atoms with Crippen molar-refractivity contribution in [1.82, 2.24) is 15.2 Å². The summed E-state index contributed by atoms with van der Waals surface area (Å²) in [5.74, 6) is 0.906. The molecule has 35 heavy (non-hydrogen) atoms. The fraction of sp³-hybridized carbons (Fsp3) is 0.148. The van der Waals surface area contributed by atoms with Crippen molar-refractivity contribution in [1.29, 1.82) is 0 Å². The van der Waals surface area contributed by atoms with E-state index in [2.05, 4.69) is 45.1 Å². The molecule has 1 aliphatic heterocycles. The van der Waals surface area contributed by atoms with Crippen LogP contribution in [0.15, 0.2) is 83.9 Å². The molecule has 0 saturated heterocycles. The van der Waals surface area contributed by atoms with Crippen LogP contribution in [0, 0.1) is 0 Å². The van der Waals surface area contributed by atoms with Gasteiger partial charge in [-0.15, -0.1) is 11.3 Å². The van der Waals surface area contributed by atoms with Crippen molar-refractivity contribution >= 4 is 38.9 Å². The van der Waals surface area contributed by atoms with Crippen LogP contribution < -0.4 is 16.4 Å². The van der Waals surface area contributed by atoms with Gasteiger partial charge in [0.05, 0.1) is 10.2 Å². The van der Waals surface area contributed by atoms with E-state index in [0.717, 1.165) is 38.7 Å². The van der Waals surface area contributed by atoms with Gasteiger partial charge in [-0.1, -0.05) is 48.5 Å². The molecule has 5 aromatic rings. The Balaban J connectivity index is 1.23. The fourth-order valence-electron chi connectivity index (χ4n) is 4.49. The van der Waals surface area contributed by atoms with Crippen LogP contribution in [0.5, 0.6) is 0 Å². The highest BCUT2D eigenvalue weighted by atomic mass is 32.1. The molecule has 172 valence electrons. The Morgan fingerprint density at radius 3 is 2.60 bits per heavy atom. The van der Waals surface area contributed by atoms with E-state index in [4.69, 9.17) is 15.7 Å². The van der Waals surface area contributed by atoms with E-state index >= 15 is 0 Å². The number of aromatic amines is 1. The lowest BCUT2D eigenvalue weighted by atomic mass is 10.0. The Labute approximate surface area is 206 Å². The van der Waals surface area contributed by atoms with E-state index in [9.17, 15) is 0 Å². The van der Waals surface area contributed by atoms with E-state index < -0.39 is 5.79 Å². The molecule has 5 N–H and O–H groups in total. The molecule has 1 atom stereocenters. The molecular weight excluding hydrogens is 454 g/mol. The van der Waals surface area contributed by atoms with Crippen LogP contribution >= 0.6 is 11.3 Å². The summed E-state index contributed by atoms with van der Waals surface area (Å²) in [4.78, 5) is 9.71. The van der Waals surface area contributed by atoms with Crippen LogP contribution in [0.2, 0.25) is 0 Å². The minimum atomic E-state index is -1.13. The molecule has 7 rings (SSSR count). The first-order chi connectivity index (χ1) is 17.1. The molecule has 1 unspecified atom stereocenters. The van der Waals surface area contributed by atoms with Crippen LogP contribution in [0.1, 0.15) is 35.6 Å². The molecule has 1 saturated carbocycles. The maximum Gasteiger partial charge on any atom is 0.211 e. The molecule has 2 aromatic heterocycles. The highest BCUT2D eigenvalue weighted by Crippen LogP contribution is 2.40. The Bertz CT molecular complexity index is 1550. The number of para-hydroxylation sites is 2. The van der Waals surface area contributed by atoms with Gasteiger partial charge in [0.25, 0.3) is 0 Å². The zero-order chi connectivity index (χ0) is 23.4. The Kier molecular flexibility index (Phi) is 4.52. The lowest BCUT2D eigenvalue weighted by molar-refractivity contribution is 0.538. The number of benzene rings is 3. The number of H-pyrrole nitrogens is 1. The smallest absolute Gasteiger partial charge is 0.211 e. The second-order valence-electron chi connectivity index (χ2n) is 9.07. The van der Waals surface area contributed by atoms with Crippen LogP contribution in [0.25, 0.3) is 20.8 Å². The highest BCUT2D eigenvalue weighted by molar-refractivity contribution is 7.21. The molecule has 2 aliphatic rings. The summed E-state index contributed by atoms with van der Waals surface area (Å²) in [7, 11) is 0.